The fraction of sp³-hybridized carbons (Fsp3) is 0.133. The molecule has 0 saturated heterocycles. The fourth-order valence-electron chi connectivity index (χ4n) is 1.75. The SMILES string of the molecule is Cc1ccc(N)cc1NC(=O)CS(=O)c1ccc(Br)cc1. The number of carbonyl (C=O) groups is 1. The first-order valence-corrected chi connectivity index (χ1v) is 8.37. The van der Waals surface area contributed by atoms with Gasteiger partial charge in [0.2, 0.25) is 5.91 Å². The van der Waals surface area contributed by atoms with Crippen LogP contribution in [0.5, 0.6) is 0 Å². The summed E-state index contributed by atoms with van der Waals surface area (Å²) in [5, 5.41) is 2.74. The van der Waals surface area contributed by atoms with Crippen LogP contribution in [-0.2, 0) is 15.6 Å². The Morgan fingerprint density at radius 2 is 1.90 bits per heavy atom. The zero-order valence-electron chi connectivity index (χ0n) is 11.4. The molecule has 0 fully saturated rings. The molecule has 2 aromatic rings. The highest BCUT2D eigenvalue weighted by Gasteiger charge is 2.11. The second-order valence-electron chi connectivity index (χ2n) is 4.57. The molecular formula is C15H15BrN2O2S. The molecule has 110 valence electrons. The van der Waals surface area contributed by atoms with E-state index in [9.17, 15) is 9.00 Å². The van der Waals surface area contributed by atoms with Crippen molar-refractivity contribution in [1.29, 1.82) is 0 Å². The van der Waals surface area contributed by atoms with Gasteiger partial charge in [0.05, 0.1) is 10.8 Å². The van der Waals surface area contributed by atoms with Crippen molar-refractivity contribution in [1.82, 2.24) is 0 Å². The molecule has 1 amide bonds. The van der Waals surface area contributed by atoms with E-state index in [1.54, 1.807) is 36.4 Å². The molecule has 0 radical (unpaired) electrons. The summed E-state index contributed by atoms with van der Waals surface area (Å²) in [6, 6.07) is 12.4. The van der Waals surface area contributed by atoms with Gasteiger partial charge in [0.15, 0.2) is 0 Å². The molecule has 0 aromatic heterocycles. The van der Waals surface area contributed by atoms with Gasteiger partial charge in [-0.3, -0.25) is 9.00 Å². The number of rotatable bonds is 4. The van der Waals surface area contributed by atoms with Crippen molar-refractivity contribution in [2.24, 2.45) is 0 Å². The van der Waals surface area contributed by atoms with Crippen LogP contribution < -0.4 is 11.1 Å². The third-order valence-corrected chi connectivity index (χ3v) is 4.73. The van der Waals surface area contributed by atoms with E-state index in [1.165, 1.54) is 0 Å². The van der Waals surface area contributed by atoms with Gasteiger partial charge in [0.25, 0.3) is 0 Å². The van der Waals surface area contributed by atoms with Gasteiger partial charge in [-0.2, -0.15) is 0 Å². The molecule has 0 aliphatic carbocycles. The van der Waals surface area contributed by atoms with Crippen LogP contribution in [-0.4, -0.2) is 15.9 Å². The Labute approximate surface area is 134 Å². The summed E-state index contributed by atoms with van der Waals surface area (Å²) in [4.78, 5) is 12.6. The van der Waals surface area contributed by atoms with Crippen molar-refractivity contribution in [2.75, 3.05) is 16.8 Å². The Balaban J connectivity index is 2.03. The van der Waals surface area contributed by atoms with Gasteiger partial charge in [-0.1, -0.05) is 22.0 Å². The van der Waals surface area contributed by atoms with Gasteiger partial charge in [0.1, 0.15) is 5.75 Å². The maximum atomic E-state index is 12.1. The van der Waals surface area contributed by atoms with E-state index in [-0.39, 0.29) is 11.7 Å². The maximum Gasteiger partial charge on any atom is 0.237 e. The molecule has 0 saturated carbocycles. The number of amides is 1. The Hall–Kier alpha value is -1.66. The van der Waals surface area contributed by atoms with Crippen LogP contribution in [0.15, 0.2) is 51.8 Å². The standard InChI is InChI=1S/C15H15BrN2O2S/c1-10-2-5-12(17)8-14(10)18-15(19)9-21(20)13-6-3-11(16)4-7-13/h2-8H,9,17H2,1H3,(H,18,19). The largest absolute Gasteiger partial charge is 0.399 e. The number of nitrogens with one attached hydrogen (secondary N) is 1. The third-order valence-electron chi connectivity index (χ3n) is 2.87. The van der Waals surface area contributed by atoms with Gasteiger partial charge < -0.3 is 11.1 Å². The number of aryl methyl sites for hydroxylation is 1. The zero-order valence-corrected chi connectivity index (χ0v) is 13.8. The van der Waals surface area contributed by atoms with E-state index in [2.05, 4.69) is 21.2 Å². The van der Waals surface area contributed by atoms with Crippen molar-refractivity contribution in [3.05, 3.63) is 52.5 Å². The highest BCUT2D eigenvalue weighted by atomic mass is 79.9. The van der Waals surface area contributed by atoms with Crippen LogP contribution in [0.3, 0.4) is 0 Å². The Kier molecular flexibility index (Phi) is 5.14. The van der Waals surface area contributed by atoms with Gasteiger partial charge in [0, 0.05) is 20.7 Å². The smallest absolute Gasteiger partial charge is 0.237 e. The van der Waals surface area contributed by atoms with Gasteiger partial charge in [-0.25, -0.2) is 0 Å². The molecule has 1 atom stereocenters. The predicted octanol–water partition coefficient (Wildman–Crippen LogP) is 3.09. The number of anilines is 2. The maximum absolute atomic E-state index is 12.1. The van der Waals surface area contributed by atoms with Crippen LogP contribution >= 0.6 is 15.9 Å². The number of halogens is 1. The Morgan fingerprint density at radius 3 is 2.57 bits per heavy atom. The van der Waals surface area contributed by atoms with Crippen LogP contribution in [0.1, 0.15) is 5.56 Å². The molecule has 0 aliphatic rings. The molecule has 2 aromatic carbocycles. The molecule has 1 unspecified atom stereocenters. The minimum Gasteiger partial charge on any atom is -0.399 e. The molecule has 6 heteroatoms. The van der Waals surface area contributed by atoms with Gasteiger partial charge >= 0.3 is 0 Å². The number of hydrogen-bond acceptors (Lipinski definition) is 3. The van der Waals surface area contributed by atoms with E-state index in [4.69, 9.17) is 5.73 Å². The number of hydrogen-bond donors (Lipinski definition) is 2. The lowest BCUT2D eigenvalue weighted by atomic mass is 10.2. The summed E-state index contributed by atoms with van der Waals surface area (Å²) in [6.07, 6.45) is 0. The first kappa shape index (κ1) is 15.7. The van der Waals surface area contributed by atoms with Crippen LogP contribution in [0.4, 0.5) is 11.4 Å². The van der Waals surface area contributed by atoms with Crippen molar-refractivity contribution in [3.63, 3.8) is 0 Å². The monoisotopic (exact) mass is 366 g/mol. The highest BCUT2D eigenvalue weighted by Crippen LogP contribution is 2.18. The molecule has 3 N–H and O–H groups in total. The lowest BCUT2D eigenvalue weighted by molar-refractivity contribution is -0.113. The van der Waals surface area contributed by atoms with Crippen molar-refractivity contribution in [3.8, 4) is 0 Å². The zero-order chi connectivity index (χ0) is 15.4. The molecule has 2 rings (SSSR count). The fourth-order valence-corrected chi connectivity index (χ4v) is 2.93. The number of nitrogens with two attached hydrogens (primary N) is 1. The highest BCUT2D eigenvalue weighted by molar-refractivity contribution is 9.10. The third kappa shape index (κ3) is 4.41. The minimum atomic E-state index is -1.37. The second-order valence-corrected chi connectivity index (χ2v) is 6.93. The summed E-state index contributed by atoms with van der Waals surface area (Å²) in [5.74, 6) is -0.388. The van der Waals surface area contributed by atoms with Crippen LogP contribution in [0, 0.1) is 6.92 Å². The van der Waals surface area contributed by atoms with E-state index in [0.29, 0.717) is 16.3 Å². The molecule has 0 heterocycles. The molecule has 4 nitrogen and oxygen atoms in total. The molecule has 0 aliphatic heterocycles. The number of benzene rings is 2. The number of carbonyl (C=O) groups excluding carboxylic acids is 1. The summed E-state index contributed by atoms with van der Waals surface area (Å²) in [6.45, 7) is 1.88. The van der Waals surface area contributed by atoms with Gasteiger partial charge in [-0.05, 0) is 48.9 Å². The Bertz CT molecular complexity index is 687. The topological polar surface area (TPSA) is 72.2 Å². The van der Waals surface area contributed by atoms with Crippen molar-refractivity contribution < 1.29 is 9.00 Å². The normalized spacial score (nSPS) is 11.9. The average molecular weight is 367 g/mol. The van der Waals surface area contributed by atoms with E-state index in [1.807, 2.05) is 13.0 Å². The molecule has 21 heavy (non-hydrogen) atoms. The quantitative estimate of drug-likeness (QED) is 0.816. The van der Waals surface area contributed by atoms with Crippen molar-refractivity contribution in [2.45, 2.75) is 11.8 Å². The van der Waals surface area contributed by atoms with Crippen LogP contribution in [0.2, 0.25) is 0 Å². The average Bonchev–Trinajstić information content (AvgIpc) is 2.43. The molecule has 0 bridgehead atoms. The first-order chi connectivity index (χ1) is 9.95. The molecular weight excluding hydrogens is 352 g/mol. The molecule has 0 spiro atoms. The summed E-state index contributed by atoms with van der Waals surface area (Å²) >= 11 is 3.31. The summed E-state index contributed by atoms with van der Waals surface area (Å²) < 4.78 is 13.0. The second kappa shape index (κ2) is 6.87. The number of nitrogen functional groups attached to an aromatic ring is 1. The first-order valence-electron chi connectivity index (χ1n) is 6.25. The van der Waals surface area contributed by atoms with Crippen molar-refractivity contribution >= 4 is 44.0 Å². The van der Waals surface area contributed by atoms with Gasteiger partial charge in [-0.15, -0.1) is 0 Å². The summed E-state index contributed by atoms with van der Waals surface area (Å²) in [7, 11) is -1.37. The lowest BCUT2D eigenvalue weighted by Crippen LogP contribution is -2.20. The minimum absolute atomic E-state index is 0.0874. The Morgan fingerprint density at radius 1 is 1.24 bits per heavy atom. The summed E-state index contributed by atoms with van der Waals surface area (Å²) in [5.41, 5.74) is 7.82. The van der Waals surface area contributed by atoms with Crippen LogP contribution in [0.25, 0.3) is 0 Å². The van der Waals surface area contributed by atoms with E-state index >= 15 is 0 Å². The van der Waals surface area contributed by atoms with E-state index in [0.717, 1.165) is 10.0 Å². The lowest BCUT2D eigenvalue weighted by Gasteiger charge is -2.09. The predicted molar refractivity (Wildman–Crippen MR) is 89.6 cm³/mol. The van der Waals surface area contributed by atoms with E-state index < -0.39 is 10.8 Å².